The van der Waals surface area contributed by atoms with Crippen LogP contribution in [-0.2, 0) is 0 Å². The standard InChI is InChI=1S/C13H15BrN2O3S/c14-9-1-2-10(12(17)18)11(5-9)16-13(19)15-6-8-3-4-20-7-8/h1-2,5,8H,3-4,6-7H2,(H,17,18)(H2,15,16,19). The van der Waals surface area contributed by atoms with Crippen LogP contribution in [0.15, 0.2) is 22.7 Å². The van der Waals surface area contributed by atoms with E-state index >= 15 is 0 Å². The lowest BCUT2D eigenvalue weighted by molar-refractivity contribution is 0.0698. The molecule has 0 bridgehead atoms. The predicted molar refractivity (Wildman–Crippen MR) is 83.6 cm³/mol. The zero-order valence-electron chi connectivity index (χ0n) is 10.7. The van der Waals surface area contributed by atoms with Crippen molar-refractivity contribution in [3.8, 4) is 0 Å². The van der Waals surface area contributed by atoms with Crippen molar-refractivity contribution in [3.05, 3.63) is 28.2 Å². The maximum Gasteiger partial charge on any atom is 0.337 e. The van der Waals surface area contributed by atoms with Crippen LogP contribution in [0.3, 0.4) is 0 Å². The number of anilines is 1. The zero-order chi connectivity index (χ0) is 14.5. The fourth-order valence-corrected chi connectivity index (χ4v) is 3.60. The van der Waals surface area contributed by atoms with E-state index < -0.39 is 5.97 Å². The Morgan fingerprint density at radius 1 is 1.45 bits per heavy atom. The maximum absolute atomic E-state index is 11.8. The minimum atomic E-state index is -1.07. The number of carbonyl (C=O) groups is 2. The highest BCUT2D eigenvalue weighted by atomic mass is 79.9. The van der Waals surface area contributed by atoms with Crippen LogP contribution >= 0.6 is 27.7 Å². The van der Waals surface area contributed by atoms with E-state index in [1.807, 2.05) is 11.8 Å². The maximum atomic E-state index is 11.8. The number of amides is 2. The third-order valence-corrected chi connectivity index (χ3v) is 4.76. The molecular weight excluding hydrogens is 344 g/mol. The van der Waals surface area contributed by atoms with Crippen molar-refractivity contribution in [2.24, 2.45) is 5.92 Å². The number of thioether (sulfide) groups is 1. The first-order valence-corrected chi connectivity index (χ1v) is 8.16. The first kappa shape index (κ1) is 15.2. The Kier molecular flexibility index (Phi) is 5.31. The van der Waals surface area contributed by atoms with Gasteiger partial charge in [-0.05, 0) is 42.0 Å². The number of urea groups is 1. The van der Waals surface area contributed by atoms with Gasteiger partial charge in [-0.25, -0.2) is 9.59 Å². The average Bonchev–Trinajstić information content (AvgIpc) is 2.89. The summed E-state index contributed by atoms with van der Waals surface area (Å²) in [5.74, 6) is 1.65. The van der Waals surface area contributed by atoms with E-state index in [9.17, 15) is 9.59 Å². The molecule has 1 aliphatic rings. The summed E-state index contributed by atoms with van der Waals surface area (Å²) < 4.78 is 0.713. The minimum absolute atomic E-state index is 0.0692. The molecular formula is C13H15BrN2O3S. The lowest BCUT2D eigenvalue weighted by Crippen LogP contribution is -2.33. The minimum Gasteiger partial charge on any atom is -0.478 e. The lowest BCUT2D eigenvalue weighted by atomic mass is 10.1. The molecule has 20 heavy (non-hydrogen) atoms. The van der Waals surface area contributed by atoms with Crippen LogP contribution in [0.4, 0.5) is 10.5 Å². The van der Waals surface area contributed by atoms with Gasteiger partial charge < -0.3 is 15.7 Å². The second-order valence-electron chi connectivity index (χ2n) is 4.56. The smallest absolute Gasteiger partial charge is 0.337 e. The van der Waals surface area contributed by atoms with Gasteiger partial charge >= 0.3 is 12.0 Å². The summed E-state index contributed by atoms with van der Waals surface area (Å²) in [7, 11) is 0. The summed E-state index contributed by atoms with van der Waals surface area (Å²) in [6.45, 7) is 0.620. The van der Waals surface area contributed by atoms with Crippen LogP contribution in [-0.4, -0.2) is 35.2 Å². The van der Waals surface area contributed by atoms with Crippen molar-refractivity contribution in [1.82, 2.24) is 5.32 Å². The first-order chi connectivity index (χ1) is 9.56. The molecule has 1 atom stereocenters. The highest BCUT2D eigenvalue weighted by molar-refractivity contribution is 9.10. The van der Waals surface area contributed by atoms with E-state index in [0.29, 0.717) is 16.9 Å². The number of halogens is 1. The Labute approximate surface area is 129 Å². The second kappa shape index (κ2) is 6.99. The molecule has 5 nitrogen and oxygen atoms in total. The number of carboxylic acids is 1. The van der Waals surface area contributed by atoms with E-state index in [-0.39, 0.29) is 17.3 Å². The van der Waals surface area contributed by atoms with E-state index in [1.165, 1.54) is 6.07 Å². The summed E-state index contributed by atoms with van der Waals surface area (Å²) in [4.78, 5) is 22.9. The molecule has 2 rings (SSSR count). The number of carboxylic acid groups (broad SMARTS) is 1. The van der Waals surface area contributed by atoms with Gasteiger partial charge in [0.1, 0.15) is 0 Å². The third kappa shape index (κ3) is 4.14. The molecule has 0 saturated carbocycles. The van der Waals surface area contributed by atoms with E-state index in [1.54, 1.807) is 12.1 Å². The van der Waals surface area contributed by atoms with Gasteiger partial charge in [-0.1, -0.05) is 15.9 Å². The second-order valence-corrected chi connectivity index (χ2v) is 6.63. The molecule has 0 aromatic heterocycles. The quantitative estimate of drug-likeness (QED) is 0.772. The van der Waals surface area contributed by atoms with E-state index in [4.69, 9.17) is 5.11 Å². The van der Waals surface area contributed by atoms with Gasteiger partial charge in [-0.3, -0.25) is 0 Å². The Bertz CT molecular complexity index is 518. The summed E-state index contributed by atoms with van der Waals surface area (Å²) in [5, 5.41) is 14.5. The van der Waals surface area contributed by atoms with Gasteiger partial charge in [0, 0.05) is 11.0 Å². The van der Waals surface area contributed by atoms with Gasteiger partial charge in [-0.2, -0.15) is 11.8 Å². The molecule has 0 spiro atoms. The van der Waals surface area contributed by atoms with Crippen LogP contribution in [0.25, 0.3) is 0 Å². The fraction of sp³-hybridized carbons (Fsp3) is 0.385. The largest absolute Gasteiger partial charge is 0.478 e. The number of carbonyl (C=O) groups excluding carboxylic acids is 1. The summed E-state index contributed by atoms with van der Waals surface area (Å²) in [6, 6.07) is 4.29. The summed E-state index contributed by atoms with van der Waals surface area (Å²) >= 11 is 5.15. The van der Waals surface area contributed by atoms with Crippen LogP contribution in [0, 0.1) is 5.92 Å². The molecule has 108 valence electrons. The molecule has 1 aromatic carbocycles. The summed E-state index contributed by atoms with van der Waals surface area (Å²) in [5.41, 5.74) is 0.352. The van der Waals surface area contributed by atoms with E-state index in [2.05, 4.69) is 26.6 Å². The number of rotatable bonds is 4. The van der Waals surface area contributed by atoms with Crippen molar-refractivity contribution in [1.29, 1.82) is 0 Å². The molecule has 1 fully saturated rings. The number of nitrogens with one attached hydrogen (secondary N) is 2. The van der Waals surface area contributed by atoms with Gasteiger partial charge in [-0.15, -0.1) is 0 Å². The Balaban J connectivity index is 1.96. The zero-order valence-corrected chi connectivity index (χ0v) is 13.1. The molecule has 1 unspecified atom stereocenters. The van der Waals surface area contributed by atoms with Crippen LogP contribution < -0.4 is 10.6 Å². The van der Waals surface area contributed by atoms with Crippen LogP contribution in [0.1, 0.15) is 16.8 Å². The van der Waals surface area contributed by atoms with E-state index in [0.717, 1.165) is 17.9 Å². The first-order valence-electron chi connectivity index (χ1n) is 6.21. The number of benzene rings is 1. The topological polar surface area (TPSA) is 78.4 Å². The summed E-state index contributed by atoms with van der Waals surface area (Å²) in [6.07, 6.45) is 1.11. The monoisotopic (exact) mass is 358 g/mol. The molecule has 1 aliphatic heterocycles. The highest BCUT2D eigenvalue weighted by Gasteiger charge is 2.17. The van der Waals surface area contributed by atoms with Crippen LogP contribution in [0.2, 0.25) is 0 Å². The fourth-order valence-electron chi connectivity index (χ4n) is 1.95. The Morgan fingerprint density at radius 3 is 2.90 bits per heavy atom. The molecule has 1 saturated heterocycles. The van der Waals surface area contributed by atoms with Gasteiger partial charge in [0.25, 0.3) is 0 Å². The Morgan fingerprint density at radius 2 is 2.25 bits per heavy atom. The van der Waals surface area contributed by atoms with Crippen molar-refractivity contribution in [3.63, 3.8) is 0 Å². The molecule has 0 aliphatic carbocycles. The molecule has 2 amide bonds. The van der Waals surface area contributed by atoms with Crippen molar-refractivity contribution >= 4 is 45.4 Å². The highest BCUT2D eigenvalue weighted by Crippen LogP contribution is 2.23. The molecule has 3 N–H and O–H groups in total. The number of aromatic carboxylic acids is 1. The Hall–Kier alpha value is -1.21. The third-order valence-electron chi connectivity index (χ3n) is 3.04. The van der Waals surface area contributed by atoms with Crippen LogP contribution in [0.5, 0.6) is 0 Å². The van der Waals surface area contributed by atoms with Crippen molar-refractivity contribution in [2.75, 3.05) is 23.4 Å². The molecule has 1 heterocycles. The SMILES string of the molecule is O=C(NCC1CCSC1)Nc1cc(Br)ccc1C(=O)O. The average molecular weight is 359 g/mol. The van der Waals surface area contributed by atoms with Gasteiger partial charge in [0.15, 0.2) is 0 Å². The van der Waals surface area contributed by atoms with Gasteiger partial charge in [0.05, 0.1) is 11.3 Å². The van der Waals surface area contributed by atoms with Crippen molar-refractivity contribution in [2.45, 2.75) is 6.42 Å². The molecule has 1 aromatic rings. The molecule has 7 heteroatoms. The number of hydrogen-bond donors (Lipinski definition) is 3. The molecule has 0 radical (unpaired) electrons. The van der Waals surface area contributed by atoms with Crippen molar-refractivity contribution < 1.29 is 14.7 Å². The lowest BCUT2D eigenvalue weighted by Gasteiger charge is -2.12. The normalized spacial score (nSPS) is 17.8. The van der Waals surface area contributed by atoms with Gasteiger partial charge in [0.2, 0.25) is 0 Å². The number of hydrogen-bond acceptors (Lipinski definition) is 3. The predicted octanol–water partition coefficient (Wildman–Crippen LogP) is 3.02.